The molecule has 1 nitrogen and oxygen atoms in total. The second-order valence-corrected chi connectivity index (χ2v) is 8.59. The lowest BCUT2D eigenvalue weighted by molar-refractivity contribution is -0.0524. The maximum Gasteiger partial charge on any atom is 0.0885 e. The molecule has 0 aromatic rings. The molecule has 0 bridgehead atoms. The molecule has 0 aliphatic heterocycles. The third-order valence-electron chi connectivity index (χ3n) is 8.09. The van der Waals surface area contributed by atoms with Gasteiger partial charge in [-0.05, 0) is 91.9 Å². The van der Waals surface area contributed by atoms with Crippen molar-refractivity contribution in [2.24, 2.45) is 40.9 Å². The third kappa shape index (κ3) is 1.74. The highest BCUT2D eigenvalue weighted by atomic mass is 16.3. The molecule has 0 aromatic heterocycles. The molecule has 3 saturated carbocycles. The van der Waals surface area contributed by atoms with Crippen molar-refractivity contribution in [2.75, 3.05) is 0 Å². The molecule has 1 N–H and O–H groups in total. The van der Waals surface area contributed by atoms with E-state index in [0.29, 0.717) is 11.2 Å². The van der Waals surface area contributed by atoms with Crippen LogP contribution in [0, 0.1) is 40.9 Å². The lowest BCUT2D eigenvalue weighted by atomic mass is 9.50. The molecule has 0 amide bonds. The fraction of sp³-hybridized carbons (Fsp3) is 0.895. The number of hydrogen-bond acceptors (Lipinski definition) is 1. The molecular formula is C19H30O. The Morgan fingerprint density at radius 1 is 1.05 bits per heavy atom. The van der Waals surface area contributed by atoms with Gasteiger partial charge in [-0.2, -0.15) is 0 Å². The molecular weight excluding hydrogens is 244 g/mol. The van der Waals surface area contributed by atoms with Crippen LogP contribution in [0.3, 0.4) is 0 Å². The highest BCUT2D eigenvalue weighted by Gasteiger charge is 2.55. The van der Waals surface area contributed by atoms with Gasteiger partial charge in [0.25, 0.3) is 0 Å². The summed E-state index contributed by atoms with van der Waals surface area (Å²) < 4.78 is 0. The van der Waals surface area contributed by atoms with Crippen LogP contribution in [0.25, 0.3) is 0 Å². The van der Waals surface area contributed by atoms with Crippen LogP contribution >= 0.6 is 0 Å². The number of allylic oxidation sites excluding steroid dienone is 2. The van der Waals surface area contributed by atoms with E-state index in [0.717, 1.165) is 48.3 Å². The molecule has 4 rings (SSSR count). The molecule has 4 aliphatic carbocycles. The van der Waals surface area contributed by atoms with Crippen LogP contribution in [0.2, 0.25) is 0 Å². The van der Waals surface area contributed by atoms with E-state index in [2.05, 4.69) is 19.9 Å². The number of rotatable bonds is 0. The maximum atomic E-state index is 9.83. The molecule has 112 valence electrons. The van der Waals surface area contributed by atoms with E-state index in [9.17, 15) is 5.11 Å². The maximum absolute atomic E-state index is 9.83. The second-order valence-electron chi connectivity index (χ2n) is 8.59. The Kier molecular flexibility index (Phi) is 2.98. The topological polar surface area (TPSA) is 20.2 Å². The number of fused-ring (bicyclic) bond motifs is 5. The first kappa shape index (κ1) is 13.2. The summed E-state index contributed by atoms with van der Waals surface area (Å²) in [4.78, 5) is 0. The summed E-state index contributed by atoms with van der Waals surface area (Å²) >= 11 is 0. The van der Waals surface area contributed by atoms with Gasteiger partial charge in [-0.25, -0.2) is 0 Å². The number of hydrogen-bond donors (Lipinski definition) is 1. The van der Waals surface area contributed by atoms with Gasteiger partial charge in [-0.15, -0.1) is 0 Å². The monoisotopic (exact) mass is 274 g/mol. The Morgan fingerprint density at radius 3 is 2.75 bits per heavy atom. The van der Waals surface area contributed by atoms with E-state index in [1.807, 2.05) is 0 Å². The SMILES string of the molecule is C[C@H]1CCC2C3CCC4CC(O)=CCC4C3CC[C@@]21C. The fourth-order valence-corrected chi connectivity index (χ4v) is 6.74. The van der Waals surface area contributed by atoms with Gasteiger partial charge in [-0.3, -0.25) is 0 Å². The third-order valence-corrected chi connectivity index (χ3v) is 8.09. The van der Waals surface area contributed by atoms with Gasteiger partial charge in [0.05, 0.1) is 5.76 Å². The quantitative estimate of drug-likeness (QED) is 0.633. The summed E-state index contributed by atoms with van der Waals surface area (Å²) in [6, 6.07) is 0. The minimum absolute atomic E-state index is 0.653. The molecule has 7 atom stereocenters. The molecule has 20 heavy (non-hydrogen) atoms. The van der Waals surface area contributed by atoms with Crippen molar-refractivity contribution >= 4 is 0 Å². The van der Waals surface area contributed by atoms with Crippen LogP contribution in [0.4, 0.5) is 0 Å². The Morgan fingerprint density at radius 2 is 1.90 bits per heavy atom. The highest BCUT2D eigenvalue weighted by Crippen LogP contribution is 2.63. The second kappa shape index (κ2) is 4.52. The normalized spacial score (nSPS) is 54.6. The van der Waals surface area contributed by atoms with Crippen LogP contribution < -0.4 is 0 Å². The molecule has 5 unspecified atom stereocenters. The zero-order valence-corrected chi connectivity index (χ0v) is 13.1. The zero-order valence-electron chi connectivity index (χ0n) is 13.1. The molecule has 0 saturated heterocycles. The lowest BCUT2D eigenvalue weighted by Crippen LogP contribution is -2.47. The van der Waals surface area contributed by atoms with Gasteiger partial charge >= 0.3 is 0 Å². The summed E-state index contributed by atoms with van der Waals surface area (Å²) in [5.74, 6) is 6.31. The average Bonchev–Trinajstić information content (AvgIpc) is 2.74. The van der Waals surface area contributed by atoms with E-state index in [1.54, 1.807) is 0 Å². The van der Waals surface area contributed by atoms with Gasteiger partial charge in [0, 0.05) is 6.42 Å². The van der Waals surface area contributed by atoms with Gasteiger partial charge in [0.2, 0.25) is 0 Å². The lowest BCUT2D eigenvalue weighted by Gasteiger charge is -2.55. The van der Waals surface area contributed by atoms with Gasteiger partial charge < -0.3 is 5.11 Å². The Hall–Kier alpha value is -0.460. The summed E-state index contributed by atoms with van der Waals surface area (Å²) in [7, 11) is 0. The Balaban J connectivity index is 1.60. The molecule has 0 spiro atoms. The minimum atomic E-state index is 0.653. The highest BCUT2D eigenvalue weighted by molar-refractivity contribution is 5.09. The molecule has 3 fully saturated rings. The predicted molar refractivity (Wildman–Crippen MR) is 82.4 cm³/mol. The zero-order chi connectivity index (χ0) is 13.9. The van der Waals surface area contributed by atoms with Crippen LogP contribution in [0.5, 0.6) is 0 Å². The standard InChI is InChI=1S/C19H30O/c1-12-3-8-18-17-6-4-13-11-14(20)5-7-15(13)16(17)9-10-19(12,18)2/h5,12-13,15-18,20H,3-4,6-11H2,1-2H3/t12-,13?,15?,16?,17?,18?,19+/m0/s1. The predicted octanol–water partition coefficient (Wildman–Crippen LogP) is 5.33. The van der Waals surface area contributed by atoms with Gasteiger partial charge in [-0.1, -0.05) is 13.8 Å². The van der Waals surface area contributed by atoms with Crippen LogP contribution in [-0.4, -0.2) is 5.11 Å². The Bertz CT molecular complexity index is 425. The summed E-state index contributed by atoms with van der Waals surface area (Å²) in [5, 5.41) is 9.83. The number of aliphatic hydroxyl groups excluding tert-OH is 1. The van der Waals surface area contributed by atoms with Gasteiger partial charge in [0.1, 0.15) is 0 Å². The summed E-state index contributed by atoms with van der Waals surface area (Å²) in [6.45, 7) is 5.11. The molecule has 0 radical (unpaired) electrons. The van der Waals surface area contributed by atoms with Crippen molar-refractivity contribution in [3.05, 3.63) is 11.8 Å². The van der Waals surface area contributed by atoms with Gasteiger partial charge in [0.15, 0.2) is 0 Å². The van der Waals surface area contributed by atoms with Crippen LogP contribution in [0.15, 0.2) is 11.8 Å². The van der Waals surface area contributed by atoms with Crippen molar-refractivity contribution in [1.82, 2.24) is 0 Å². The summed E-state index contributed by atoms with van der Waals surface area (Å²) in [5.41, 5.74) is 0.653. The van der Waals surface area contributed by atoms with E-state index in [1.165, 1.54) is 38.5 Å². The fourth-order valence-electron chi connectivity index (χ4n) is 6.74. The van der Waals surface area contributed by atoms with Crippen molar-refractivity contribution < 1.29 is 5.11 Å². The minimum Gasteiger partial charge on any atom is -0.513 e. The Labute approximate surface area is 123 Å². The van der Waals surface area contributed by atoms with Crippen LogP contribution in [0.1, 0.15) is 65.2 Å². The number of aliphatic hydroxyl groups is 1. The first-order valence-electron chi connectivity index (χ1n) is 8.97. The van der Waals surface area contributed by atoms with E-state index < -0.39 is 0 Å². The van der Waals surface area contributed by atoms with Crippen molar-refractivity contribution in [3.8, 4) is 0 Å². The van der Waals surface area contributed by atoms with E-state index in [-0.39, 0.29) is 0 Å². The smallest absolute Gasteiger partial charge is 0.0885 e. The van der Waals surface area contributed by atoms with Crippen molar-refractivity contribution in [3.63, 3.8) is 0 Å². The van der Waals surface area contributed by atoms with E-state index >= 15 is 0 Å². The van der Waals surface area contributed by atoms with Crippen LogP contribution in [-0.2, 0) is 0 Å². The first-order valence-corrected chi connectivity index (χ1v) is 8.97. The first-order chi connectivity index (χ1) is 9.59. The summed E-state index contributed by atoms with van der Waals surface area (Å²) in [6.07, 6.45) is 13.0. The molecule has 0 aromatic carbocycles. The average molecular weight is 274 g/mol. The van der Waals surface area contributed by atoms with Crippen molar-refractivity contribution in [2.45, 2.75) is 65.2 Å². The van der Waals surface area contributed by atoms with E-state index in [4.69, 9.17) is 0 Å². The molecule has 4 aliphatic rings. The van der Waals surface area contributed by atoms with Crippen molar-refractivity contribution in [1.29, 1.82) is 0 Å². The molecule has 1 heteroatoms. The molecule has 0 heterocycles. The largest absolute Gasteiger partial charge is 0.513 e.